The summed E-state index contributed by atoms with van der Waals surface area (Å²) in [6.07, 6.45) is 0. The lowest BCUT2D eigenvalue weighted by atomic mass is 10.1. The van der Waals surface area contributed by atoms with E-state index in [2.05, 4.69) is 32.0 Å². The number of aryl methyl sites for hydroxylation is 2. The summed E-state index contributed by atoms with van der Waals surface area (Å²) in [5.74, 6) is -2.24. The number of carbonyl (C=O) groups is 3. The van der Waals surface area contributed by atoms with Crippen LogP contribution in [0.3, 0.4) is 0 Å². The van der Waals surface area contributed by atoms with Crippen molar-refractivity contribution < 1.29 is 14.4 Å². The summed E-state index contributed by atoms with van der Waals surface area (Å²) < 4.78 is 2.18. The van der Waals surface area contributed by atoms with Crippen LogP contribution in [0.2, 0.25) is 5.02 Å². The number of amides is 3. The van der Waals surface area contributed by atoms with Crippen LogP contribution in [0, 0.1) is 20.8 Å². The largest absolute Gasteiger partial charge is 0.328 e. The van der Waals surface area contributed by atoms with E-state index in [4.69, 9.17) is 11.6 Å². The molecule has 7 nitrogen and oxygen atoms in total. The third kappa shape index (κ3) is 5.23. The molecule has 0 unspecified atom stereocenters. The molecule has 0 fully saturated rings. The molecular formula is C26H22BrClN4O3. The van der Waals surface area contributed by atoms with Crippen LogP contribution in [0.5, 0.6) is 0 Å². The van der Waals surface area contributed by atoms with Crippen LogP contribution in [0.1, 0.15) is 27.2 Å². The molecule has 35 heavy (non-hydrogen) atoms. The van der Waals surface area contributed by atoms with E-state index in [1.807, 2.05) is 39.0 Å². The number of anilines is 2. The SMILES string of the molecule is Cc1cc(Br)ccc1NC(=O)c1cc2cc(Cl)ccc2n1NC(=O)C(=O)Nc1cccc(C)c1C. The van der Waals surface area contributed by atoms with Crippen LogP contribution >= 0.6 is 27.5 Å². The topological polar surface area (TPSA) is 92.2 Å². The van der Waals surface area contributed by atoms with Crippen molar-refractivity contribution in [3.8, 4) is 0 Å². The van der Waals surface area contributed by atoms with Gasteiger partial charge in [0.05, 0.1) is 5.52 Å². The molecule has 0 spiro atoms. The highest BCUT2D eigenvalue weighted by molar-refractivity contribution is 9.10. The zero-order chi connectivity index (χ0) is 25.3. The smallest absolute Gasteiger partial charge is 0.320 e. The Balaban J connectivity index is 1.65. The van der Waals surface area contributed by atoms with Gasteiger partial charge < -0.3 is 10.6 Å². The number of nitrogens with zero attached hydrogens (tertiary/aromatic N) is 1. The maximum Gasteiger partial charge on any atom is 0.328 e. The number of nitrogens with one attached hydrogen (secondary N) is 3. The van der Waals surface area contributed by atoms with Crippen LogP contribution in [-0.2, 0) is 9.59 Å². The lowest BCUT2D eigenvalue weighted by Crippen LogP contribution is -2.36. The second kappa shape index (κ2) is 9.93. The summed E-state index contributed by atoms with van der Waals surface area (Å²) in [5, 5.41) is 6.60. The zero-order valence-corrected chi connectivity index (χ0v) is 21.5. The zero-order valence-electron chi connectivity index (χ0n) is 19.2. The number of fused-ring (bicyclic) bond motifs is 1. The van der Waals surface area contributed by atoms with Gasteiger partial charge in [0.2, 0.25) is 0 Å². The molecule has 0 bridgehead atoms. The monoisotopic (exact) mass is 552 g/mol. The summed E-state index contributed by atoms with van der Waals surface area (Å²) in [6, 6.07) is 17.5. The average Bonchev–Trinajstić information content (AvgIpc) is 3.16. The van der Waals surface area contributed by atoms with Gasteiger partial charge in [0, 0.05) is 26.3 Å². The number of carbonyl (C=O) groups excluding carboxylic acids is 3. The van der Waals surface area contributed by atoms with Crippen molar-refractivity contribution in [3.63, 3.8) is 0 Å². The van der Waals surface area contributed by atoms with E-state index >= 15 is 0 Å². The summed E-state index contributed by atoms with van der Waals surface area (Å²) in [6.45, 7) is 5.65. The summed E-state index contributed by atoms with van der Waals surface area (Å²) in [7, 11) is 0. The first-order valence-electron chi connectivity index (χ1n) is 10.7. The highest BCUT2D eigenvalue weighted by atomic mass is 79.9. The molecule has 4 aromatic rings. The van der Waals surface area contributed by atoms with E-state index in [9.17, 15) is 14.4 Å². The van der Waals surface area contributed by atoms with E-state index < -0.39 is 17.7 Å². The van der Waals surface area contributed by atoms with Crippen LogP contribution in [-0.4, -0.2) is 22.4 Å². The third-order valence-electron chi connectivity index (χ3n) is 5.71. The minimum absolute atomic E-state index is 0.137. The summed E-state index contributed by atoms with van der Waals surface area (Å²) >= 11 is 9.54. The van der Waals surface area contributed by atoms with Crippen molar-refractivity contribution in [2.24, 2.45) is 0 Å². The van der Waals surface area contributed by atoms with E-state index in [1.54, 1.807) is 42.5 Å². The molecule has 0 aliphatic rings. The van der Waals surface area contributed by atoms with Crippen molar-refractivity contribution in [1.29, 1.82) is 0 Å². The number of hydrogen-bond donors (Lipinski definition) is 3. The molecular weight excluding hydrogens is 532 g/mol. The van der Waals surface area contributed by atoms with Gasteiger partial charge in [-0.15, -0.1) is 0 Å². The minimum atomic E-state index is -0.924. The number of rotatable bonds is 4. The van der Waals surface area contributed by atoms with E-state index in [0.29, 0.717) is 27.3 Å². The fourth-order valence-corrected chi connectivity index (χ4v) is 4.30. The molecule has 178 valence electrons. The fourth-order valence-electron chi connectivity index (χ4n) is 3.65. The lowest BCUT2D eigenvalue weighted by molar-refractivity contribution is -0.133. The Morgan fingerprint density at radius 2 is 1.60 bits per heavy atom. The number of hydrogen-bond acceptors (Lipinski definition) is 3. The van der Waals surface area contributed by atoms with Crippen molar-refractivity contribution in [3.05, 3.63) is 92.5 Å². The van der Waals surface area contributed by atoms with E-state index in [-0.39, 0.29) is 5.69 Å². The first kappa shape index (κ1) is 24.5. The first-order chi connectivity index (χ1) is 16.6. The van der Waals surface area contributed by atoms with Crippen molar-refractivity contribution >= 4 is 67.5 Å². The molecule has 0 saturated carbocycles. The molecule has 3 N–H and O–H groups in total. The Labute approximate surface area is 215 Å². The van der Waals surface area contributed by atoms with Gasteiger partial charge in [0.1, 0.15) is 5.69 Å². The number of benzene rings is 3. The van der Waals surface area contributed by atoms with Crippen LogP contribution in [0.15, 0.2) is 65.1 Å². The Morgan fingerprint density at radius 3 is 2.34 bits per heavy atom. The van der Waals surface area contributed by atoms with Gasteiger partial charge in [-0.3, -0.25) is 19.8 Å². The van der Waals surface area contributed by atoms with Gasteiger partial charge in [0.15, 0.2) is 0 Å². The third-order valence-corrected chi connectivity index (χ3v) is 6.43. The van der Waals surface area contributed by atoms with Gasteiger partial charge in [-0.25, -0.2) is 4.68 Å². The normalized spacial score (nSPS) is 10.8. The molecule has 1 heterocycles. The molecule has 3 amide bonds. The average molecular weight is 554 g/mol. The number of aromatic nitrogens is 1. The predicted octanol–water partition coefficient (Wildman–Crippen LogP) is 5.94. The van der Waals surface area contributed by atoms with Crippen molar-refractivity contribution in [2.75, 3.05) is 16.1 Å². The Morgan fingerprint density at radius 1 is 0.829 bits per heavy atom. The van der Waals surface area contributed by atoms with E-state index in [1.165, 1.54) is 4.68 Å². The maximum absolute atomic E-state index is 13.2. The van der Waals surface area contributed by atoms with Gasteiger partial charge in [-0.1, -0.05) is 39.7 Å². The second-order valence-electron chi connectivity index (χ2n) is 8.12. The highest BCUT2D eigenvalue weighted by Gasteiger charge is 2.22. The molecule has 0 saturated heterocycles. The quantitative estimate of drug-likeness (QED) is 0.273. The second-order valence-corrected chi connectivity index (χ2v) is 9.48. The van der Waals surface area contributed by atoms with Crippen LogP contribution < -0.4 is 16.1 Å². The summed E-state index contributed by atoms with van der Waals surface area (Å²) in [5.41, 5.74) is 7.06. The molecule has 3 aromatic carbocycles. The van der Waals surface area contributed by atoms with Gasteiger partial charge >= 0.3 is 11.8 Å². The molecule has 9 heteroatoms. The minimum Gasteiger partial charge on any atom is -0.320 e. The highest BCUT2D eigenvalue weighted by Crippen LogP contribution is 2.25. The number of halogens is 2. The van der Waals surface area contributed by atoms with Gasteiger partial charge in [0.25, 0.3) is 5.91 Å². The van der Waals surface area contributed by atoms with Gasteiger partial charge in [-0.2, -0.15) is 0 Å². The van der Waals surface area contributed by atoms with E-state index in [0.717, 1.165) is 21.2 Å². The molecule has 0 atom stereocenters. The Bertz CT molecular complexity index is 1500. The Hall–Kier alpha value is -3.62. The first-order valence-corrected chi connectivity index (χ1v) is 11.9. The lowest BCUT2D eigenvalue weighted by Gasteiger charge is -2.14. The molecule has 0 aliphatic heterocycles. The summed E-state index contributed by atoms with van der Waals surface area (Å²) in [4.78, 5) is 38.7. The Kier molecular flexibility index (Phi) is 6.95. The molecule has 0 radical (unpaired) electrons. The molecule has 4 rings (SSSR count). The van der Waals surface area contributed by atoms with Crippen molar-refractivity contribution in [2.45, 2.75) is 20.8 Å². The van der Waals surface area contributed by atoms with Crippen molar-refractivity contribution in [1.82, 2.24) is 4.68 Å². The molecule has 1 aromatic heterocycles. The maximum atomic E-state index is 13.2. The molecule has 0 aliphatic carbocycles. The fraction of sp³-hybridized carbons (Fsp3) is 0.115. The standard InChI is InChI=1S/C26H22BrClN4O3/c1-14-5-4-6-21(16(14)3)30-25(34)26(35)31-32-22-10-8-19(28)12-17(22)13-23(32)24(33)29-20-9-7-18(27)11-15(20)2/h4-13H,1-3H3,(H,29,33)(H,30,34)(H,31,35). The van der Waals surface area contributed by atoms with Crippen LogP contribution in [0.25, 0.3) is 10.9 Å². The van der Waals surface area contributed by atoms with Gasteiger partial charge in [-0.05, 0) is 86.0 Å². The van der Waals surface area contributed by atoms with Crippen LogP contribution in [0.4, 0.5) is 11.4 Å². The predicted molar refractivity (Wildman–Crippen MR) is 143 cm³/mol.